The second-order valence-electron chi connectivity index (χ2n) is 3.53. The number of rotatable bonds is 7. The normalized spacial score (nSPS) is 16.0. The Balaban J connectivity index is 3.19. The van der Waals surface area contributed by atoms with Crippen molar-refractivity contribution in [2.75, 3.05) is 19.8 Å². The van der Waals surface area contributed by atoms with Gasteiger partial charge in [0.2, 0.25) is 0 Å². The topological polar surface area (TPSA) is 55.5 Å². The van der Waals surface area contributed by atoms with Crippen molar-refractivity contribution in [1.29, 1.82) is 0 Å². The number of ether oxygens (including phenoxy) is 1. The average Bonchev–Trinajstić information content (AvgIpc) is 2.04. The first-order valence-corrected chi connectivity index (χ1v) is 4.60. The van der Waals surface area contributed by atoms with Crippen LogP contribution in [0.2, 0.25) is 0 Å². The van der Waals surface area contributed by atoms with E-state index in [1.807, 2.05) is 6.92 Å². The molecule has 12 heavy (non-hydrogen) atoms. The van der Waals surface area contributed by atoms with Gasteiger partial charge in [0.1, 0.15) is 0 Å². The summed E-state index contributed by atoms with van der Waals surface area (Å²) in [6, 6.07) is 0. The lowest BCUT2D eigenvalue weighted by Crippen LogP contribution is -2.40. The molecule has 0 aromatic heterocycles. The fourth-order valence-corrected chi connectivity index (χ4v) is 0.904. The van der Waals surface area contributed by atoms with E-state index in [0.29, 0.717) is 0 Å². The zero-order valence-corrected chi connectivity index (χ0v) is 8.18. The van der Waals surface area contributed by atoms with E-state index < -0.39 is 5.54 Å². The minimum atomic E-state index is -0.435. The number of nitrogens with two attached hydrogens (primary N) is 1. The quantitative estimate of drug-likeness (QED) is 0.565. The highest BCUT2D eigenvalue weighted by Gasteiger charge is 2.15. The molecular weight excluding hydrogens is 154 g/mol. The molecular formula is C9H21NO2. The van der Waals surface area contributed by atoms with Gasteiger partial charge in [-0.15, -0.1) is 0 Å². The first-order valence-electron chi connectivity index (χ1n) is 4.60. The molecule has 3 N–H and O–H groups in total. The van der Waals surface area contributed by atoms with E-state index in [4.69, 9.17) is 15.6 Å². The van der Waals surface area contributed by atoms with Crippen molar-refractivity contribution in [3.05, 3.63) is 0 Å². The molecule has 0 saturated carbocycles. The summed E-state index contributed by atoms with van der Waals surface area (Å²) >= 11 is 0. The average molecular weight is 175 g/mol. The molecule has 0 aliphatic carbocycles. The monoisotopic (exact) mass is 175 g/mol. The molecule has 0 radical (unpaired) electrons. The molecule has 0 rings (SSSR count). The summed E-state index contributed by atoms with van der Waals surface area (Å²) in [4.78, 5) is 0. The van der Waals surface area contributed by atoms with Crippen LogP contribution in [-0.4, -0.2) is 30.5 Å². The van der Waals surface area contributed by atoms with Gasteiger partial charge in [0.15, 0.2) is 0 Å². The maximum atomic E-state index is 8.83. The predicted octanol–water partition coefficient (Wildman–Crippen LogP) is 0.903. The summed E-state index contributed by atoms with van der Waals surface area (Å²) < 4.78 is 5.29. The zero-order chi connectivity index (χ0) is 9.45. The lowest BCUT2D eigenvalue weighted by Gasteiger charge is -2.21. The van der Waals surface area contributed by atoms with Gasteiger partial charge in [-0.3, -0.25) is 0 Å². The van der Waals surface area contributed by atoms with Crippen molar-refractivity contribution in [1.82, 2.24) is 0 Å². The Morgan fingerprint density at radius 1 is 1.42 bits per heavy atom. The predicted molar refractivity (Wildman–Crippen MR) is 50.0 cm³/mol. The summed E-state index contributed by atoms with van der Waals surface area (Å²) in [6.07, 6.45) is 2.79. The molecule has 3 heteroatoms. The Bertz CT molecular complexity index is 105. The lowest BCUT2D eigenvalue weighted by molar-refractivity contribution is 0.119. The summed E-state index contributed by atoms with van der Waals surface area (Å²) in [7, 11) is 0. The van der Waals surface area contributed by atoms with E-state index in [1.54, 1.807) is 0 Å². The van der Waals surface area contributed by atoms with Crippen LogP contribution >= 0.6 is 0 Å². The van der Waals surface area contributed by atoms with E-state index in [1.165, 1.54) is 0 Å². The van der Waals surface area contributed by atoms with Gasteiger partial charge >= 0.3 is 0 Å². The largest absolute Gasteiger partial charge is 0.394 e. The molecule has 0 aromatic rings. The van der Waals surface area contributed by atoms with Gasteiger partial charge in [0, 0.05) is 18.8 Å². The lowest BCUT2D eigenvalue weighted by atomic mass is 9.99. The molecule has 74 valence electrons. The summed E-state index contributed by atoms with van der Waals surface area (Å²) in [5.74, 6) is 0. The third-order valence-electron chi connectivity index (χ3n) is 1.75. The molecule has 0 fully saturated rings. The minimum absolute atomic E-state index is 0.0424. The van der Waals surface area contributed by atoms with Crippen LogP contribution in [0.3, 0.4) is 0 Å². The van der Waals surface area contributed by atoms with Gasteiger partial charge < -0.3 is 15.6 Å². The van der Waals surface area contributed by atoms with Gasteiger partial charge in [-0.1, -0.05) is 6.92 Å². The first-order chi connectivity index (χ1) is 5.62. The van der Waals surface area contributed by atoms with Crippen molar-refractivity contribution in [3.8, 4) is 0 Å². The molecule has 0 spiro atoms. The van der Waals surface area contributed by atoms with Crippen LogP contribution in [0.15, 0.2) is 0 Å². The molecule has 0 aliphatic heterocycles. The summed E-state index contributed by atoms with van der Waals surface area (Å²) in [5.41, 5.74) is 5.29. The first kappa shape index (κ1) is 11.9. The van der Waals surface area contributed by atoms with Crippen LogP contribution < -0.4 is 5.73 Å². The van der Waals surface area contributed by atoms with E-state index in [2.05, 4.69) is 6.92 Å². The number of aliphatic hydroxyl groups is 1. The van der Waals surface area contributed by atoms with E-state index in [9.17, 15) is 0 Å². The molecule has 0 aliphatic rings. The Kier molecular flexibility index (Phi) is 6.34. The molecule has 0 heterocycles. The van der Waals surface area contributed by atoms with Gasteiger partial charge in [0.25, 0.3) is 0 Å². The molecule has 1 unspecified atom stereocenters. The highest BCUT2D eigenvalue weighted by atomic mass is 16.5. The van der Waals surface area contributed by atoms with Gasteiger partial charge in [-0.2, -0.15) is 0 Å². The smallest absolute Gasteiger partial charge is 0.0608 e. The molecule has 3 nitrogen and oxygen atoms in total. The molecule has 0 saturated heterocycles. The van der Waals surface area contributed by atoms with Crippen molar-refractivity contribution in [2.24, 2.45) is 5.73 Å². The van der Waals surface area contributed by atoms with E-state index in [0.717, 1.165) is 32.5 Å². The van der Waals surface area contributed by atoms with Crippen LogP contribution in [0.4, 0.5) is 0 Å². The Labute approximate surface area is 74.9 Å². The zero-order valence-electron chi connectivity index (χ0n) is 8.18. The Hall–Kier alpha value is -0.120. The van der Waals surface area contributed by atoms with Crippen LogP contribution in [0.25, 0.3) is 0 Å². The van der Waals surface area contributed by atoms with Crippen molar-refractivity contribution < 1.29 is 9.84 Å². The van der Waals surface area contributed by atoms with Crippen LogP contribution in [0.5, 0.6) is 0 Å². The maximum absolute atomic E-state index is 8.83. The highest BCUT2D eigenvalue weighted by Crippen LogP contribution is 2.07. The molecule has 0 aromatic carbocycles. The second-order valence-corrected chi connectivity index (χ2v) is 3.53. The number of hydrogen-bond acceptors (Lipinski definition) is 3. The van der Waals surface area contributed by atoms with Crippen molar-refractivity contribution in [2.45, 2.75) is 38.6 Å². The SMILES string of the molecule is CCCOCCCC(C)(N)CO. The maximum Gasteiger partial charge on any atom is 0.0608 e. The van der Waals surface area contributed by atoms with Gasteiger partial charge in [0.05, 0.1) is 6.61 Å². The fourth-order valence-electron chi connectivity index (χ4n) is 0.904. The van der Waals surface area contributed by atoms with Crippen LogP contribution in [-0.2, 0) is 4.74 Å². The van der Waals surface area contributed by atoms with Crippen LogP contribution in [0.1, 0.15) is 33.1 Å². The third kappa shape index (κ3) is 6.58. The second kappa shape index (κ2) is 6.40. The van der Waals surface area contributed by atoms with E-state index >= 15 is 0 Å². The Morgan fingerprint density at radius 3 is 2.58 bits per heavy atom. The fraction of sp³-hybridized carbons (Fsp3) is 1.00. The summed E-state index contributed by atoms with van der Waals surface area (Å²) in [5, 5.41) is 8.83. The standard InChI is InChI=1S/C9H21NO2/c1-3-6-12-7-4-5-9(2,10)8-11/h11H,3-8,10H2,1-2H3. The van der Waals surface area contributed by atoms with Crippen LogP contribution in [0, 0.1) is 0 Å². The summed E-state index contributed by atoms with van der Waals surface area (Å²) in [6.45, 7) is 5.55. The molecule has 1 atom stereocenters. The van der Waals surface area contributed by atoms with Gasteiger partial charge in [-0.05, 0) is 26.2 Å². The van der Waals surface area contributed by atoms with E-state index in [-0.39, 0.29) is 6.61 Å². The number of aliphatic hydroxyl groups excluding tert-OH is 1. The Morgan fingerprint density at radius 2 is 2.08 bits per heavy atom. The van der Waals surface area contributed by atoms with Crippen molar-refractivity contribution >= 4 is 0 Å². The van der Waals surface area contributed by atoms with Crippen molar-refractivity contribution in [3.63, 3.8) is 0 Å². The number of hydrogen-bond donors (Lipinski definition) is 2. The minimum Gasteiger partial charge on any atom is -0.394 e. The van der Waals surface area contributed by atoms with Gasteiger partial charge in [-0.25, -0.2) is 0 Å². The highest BCUT2D eigenvalue weighted by molar-refractivity contribution is 4.76. The molecule has 0 bridgehead atoms. The third-order valence-corrected chi connectivity index (χ3v) is 1.75. The molecule has 0 amide bonds.